The number of aromatic nitrogens is 2. The zero-order chi connectivity index (χ0) is 12.5. The van der Waals surface area contributed by atoms with E-state index in [1.54, 1.807) is 23.1 Å². The van der Waals surface area contributed by atoms with Crippen molar-refractivity contribution in [2.75, 3.05) is 0 Å². The largest absolute Gasteiger partial charge is 0.325 e. The molecule has 2 aromatic heterocycles. The number of imidazole rings is 1. The highest BCUT2D eigenvalue weighted by Crippen LogP contribution is 2.35. The molecule has 0 radical (unpaired) electrons. The van der Waals surface area contributed by atoms with Crippen LogP contribution in [0.1, 0.15) is 5.69 Å². The first kappa shape index (κ1) is 12.2. The molecule has 0 fully saturated rings. The van der Waals surface area contributed by atoms with Gasteiger partial charge in [-0.1, -0.05) is 23.9 Å². The minimum Gasteiger partial charge on any atom is -0.325 e. The number of benzene rings is 1. The van der Waals surface area contributed by atoms with E-state index in [0.717, 1.165) is 25.0 Å². The van der Waals surface area contributed by atoms with Crippen LogP contribution in [0.3, 0.4) is 0 Å². The first-order valence-corrected chi connectivity index (χ1v) is 7.85. The van der Waals surface area contributed by atoms with Crippen molar-refractivity contribution >= 4 is 44.0 Å². The predicted molar refractivity (Wildman–Crippen MR) is 79.2 cm³/mol. The molecule has 3 aromatic rings. The van der Waals surface area contributed by atoms with Gasteiger partial charge < -0.3 is 5.73 Å². The third kappa shape index (κ3) is 2.09. The Kier molecular flexibility index (Phi) is 3.43. The Morgan fingerprint density at radius 1 is 1.39 bits per heavy atom. The molecule has 0 amide bonds. The van der Waals surface area contributed by atoms with Gasteiger partial charge in [0, 0.05) is 27.5 Å². The Balaban J connectivity index is 2.04. The van der Waals surface area contributed by atoms with Gasteiger partial charge in [-0.25, -0.2) is 4.98 Å². The Labute approximate surface area is 121 Å². The summed E-state index contributed by atoms with van der Waals surface area (Å²) < 4.78 is 3.14. The molecule has 3 rings (SSSR count). The second-order valence-corrected chi connectivity index (χ2v) is 6.41. The van der Waals surface area contributed by atoms with Gasteiger partial charge in [0.25, 0.3) is 0 Å². The molecule has 0 aliphatic heterocycles. The molecule has 92 valence electrons. The number of hydrogen-bond donors (Lipinski definition) is 1. The van der Waals surface area contributed by atoms with E-state index >= 15 is 0 Å². The van der Waals surface area contributed by atoms with Crippen molar-refractivity contribution in [1.82, 2.24) is 9.38 Å². The van der Waals surface area contributed by atoms with E-state index in [1.807, 2.05) is 29.8 Å². The van der Waals surface area contributed by atoms with E-state index < -0.39 is 0 Å². The molecular weight excluding hydrogens is 330 g/mol. The maximum absolute atomic E-state index is 5.83. The Morgan fingerprint density at radius 2 is 2.22 bits per heavy atom. The first-order chi connectivity index (χ1) is 8.79. The molecule has 0 saturated heterocycles. The summed E-state index contributed by atoms with van der Waals surface area (Å²) in [5.41, 5.74) is 6.89. The maximum Gasteiger partial charge on any atom is 0.194 e. The molecule has 3 nitrogen and oxygen atoms in total. The number of thiazole rings is 1. The summed E-state index contributed by atoms with van der Waals surface area (Å²) in [5, 5.41) is 3.00. The average Bonchev–Trinajstić information content (AvgIpc) is 2.92. The number of nitrogens with zero attached hydrogens (tertiary/aromatic N) is 2. The summed E-state index contributed by atoms with van der Waals surface area (Å²) in [5.74, 6) is 0. The van der Waals surface area contributed by atoms with E-state index in [4.69, 9.17) is 5.73 Å². The van der Waals surface area contributed by atoms with Crippen LogP contribution in [0, 0.1) is 0 Å². The highest BCUT2D eigenvalue weighted by atomic mass is 79.9. The van der Waals surface area contributed by atoms with Crippen LogP contribution in [0.4, 0.5) is 0 Å². The zero-order valence-electron chi connectivity index (χ0n) is 9.34. The van der Waals surface area contributed by atoms with Gasteiger partial charge in [0.15, 0.2) is 4.96 Å². The lowest BCUT2D eigenvalue weighted by molar-refractivity contribution is 0.924. The van der Waals surface area contributed by atoms with Crippen molar-refractivity contribution in [3.05, 3.63) is 46.0 Å². The second kappa shape index (κ2) is 5.05. The third-order valence-electron chi connectivity index (χ3n) is 2.56. The molecule has 0 aliphatic rings. The summed E-state index contributed by atoms with van der Waals surface area (Å²) >= 11 is 6.82. The zero-order valence-corrected chi connectivity index (χ0v) is 12.6. The van der Waals surface area contributed by atoms with E-state index in [2.05, 4.69) is 31.4 Å². The monoisotopic (exact) mass is 339 g/mol. The minimum absolute atomic E-state index is 0.491. The van der Waals surface area contributed by atoms with Crippen LogP contribution in [0.25, 0.3) is 4.96 Å². The van der Waals surface area contributed by atoms with Gasteiger partial charge in [-0.2, -0.15) is 0 Å². The van der Waals surface area contributed by atoms with Gasteiger partial charge in [-0.15, -0.1) is 11.3 Å². The smallest absolute Gasteiger partial charge is 0.194 e. The van der Waals surface area contributed by atoms with Gasteiger partial charge in [0.1, 0.15) is 5.03 Å². The van der Waals surface area contributed by atoms with Crippen LogP contribution in [0.15, 0.2) is 50.2 Å². The Morgan fingerprint density at radius 3 is 3.00 bits per heavy atom. The fourth-order valence-electron chi connectivity index (χ4n) is 1.71. The number of nitrogens with two attached hydrogens (primary N) is 1. The van der Waals surface area contributed by atoms with Crippen LogP contribution < -0.4 is 5.73 Å². The van der Waals surface area contributed by atoms with Gasteiger partial charge in [0.2, 0.25) is 0 Å². The van der Waals surface area contributed by atoms with Crippen molar-refractivity contribution in [2.45, 2.75) is 16.5 Å². The number of hydrogen-bond acceptors (Lipinski definition) is 4. The third-order valence-corrected chi connectivity index (χ3v) is 5.37. The predicted octanol–water partition coefficient (Wildman–Crippen LogP) is 3.77. The fraction of sp³-hybridized carbons (Fsp3) is 0.0833. The summed E-state index contributed by atoms with van der Waals surface area (Å²) in [6, 6.07) is 8.13. The van der Waals surface area contributed by atoms with E-state index in [9.17, 15) is 0 Å². The molecular formula is C12H10BrN3S2. The fourth-order valence-corrected chi connectivity index (χ4v) is 3.98. The van der Waals surface area contributed by atoms with E-state index in [1.165, 1.54) is 0 Å². The van der Waals surface area contributed by atoms with E-state index in [-0.39, 0.29) is 0 Å². The topological polar surface area (TPSA) is 43.3 Å². The van der Waals surface area contributed by atoms with Crippen molar-refractivity contribution in [3.63, 3.8) is 0 Å². The molecule has 2 heterocycles. The lowest BCUT2D eigenvalue weighted by atomic mass is 10.4. The molecule has 0 bridgehead atoms. The van der Waals surface area contributed by atoms with Crippen molar-refractivity contribution in [2.24, 2.45) is 5.73 Å². The summed E-state index contributed by atoms with van der Waals surface area (Å²) in [6.07, 6.45) is 2.01. The Bertz CT molecular complexity index is 690. The van der Waals surface area contributed by atoms with Crippen LogP contribution in [0.5, 0.6) is 0 Å². The molecule has 1 aromatic carbocycles. The highest BCUT2D eigenvalue weighted by molar-refractivity contribution is 9.10. The quantitative estimate of drug-likeness (QED) is 0.789. The van der Waals surface area contributed by atoms with Crippen LogP contribution in [-0.4, -0.2) is 9.38 Å². The van der Waals surface area contributed by atoms with Gasteiger partial charge in [-0.05, 0) is 28.1 Å². The average molecular weight is 340 g/mol. The lowest BCUT2D eigenvalue weighted by Gasteiger charge is -2.03. The summed E-state index contributed by atoms with van der Waals surface area (Å²) in [6.45, 7) is 0.491. The molecule has 0 spiro atoms. The molecule has 18 heavy (non-hydrogen) atoms. The summed E-state index contributed by atoms with van der Waals surface area (Å²) in [7, 11) is 0. The molecule has 2 N–H and O–H groups in total. The SMILES string of the molecule is NCc1c(Sc2ccccc2Br)nc2sccn12. The number of rotatable bonds is 3. The van der Waals surface area contributed by atoms with Crippen molar-refractivity contribution in [3.8, 4) is 0 Å². The molecule has 0 unspecified atom stereocenters. The number of halogens is 1. The van der Waals surface area contributed by atoms with Gasteiger partial charge >= 0.3 is 0 Å². The van der Waals surface area contributed by atoms with Gasteiger partial charge in [0.05, 0.1) is 5.69 Å². The lowest BCUT2D eigenvalue weighted by Crippen LogP contribution is -2.00. The molecule has 0 atom stereocenters. The van der Waals surface area contributed by atoms with E-state index in [0.29, 0.717) is 6.54 Å². The minimum atomic E-state index is 0.491. The van der Waals surface area contributed by atoms with Gasteiger partial charge in [-0.3, -0.25) is 4.40 Å². The Hall–Kier alpha value is -0.820. The van der Waals surface area contributed by atoms with Crippen molar-refractivity contribution in [1.29, 1.82) is 0 Å². The normalized spacial score (nSPS) is 11.2. The maximum atomic E-state index is 5.83. The van der Waals surface area contributed by atoms with Crippen LogP contribution in [0.2, 0.25) is 0 Å². The van der Waals surface area contributed by atoms with Crippen LogP contribution >= 0.6 is 39.0 Å². The highest BCUT2D eigenvalue weighted by Gasteiger charge is 2.13. The molecule has 0 aliphatic carbocycles. The van der Waals surface area contributed by atoms with Crippen LogP contribution in [-0.2, 0) is 6.54 Å². The summed E-state index contributed by atoms with van der Waals surface area (Å²) in [4.78, 5) is 6.77. The second-order valence-electron chi connectivity index (χ2n) is 3.66. The standard InChI is InChI=1S/C12H10BrN3S2/c13-8-3-1-2-4-10(8)18-11-9(7-14)16-5-6-17-12(16)15-11/h1-6H,7,14H2. The molecule has 0 saturated carbocycles. The molecule has 6 heteroatoms. The first-order valence-electron chi connectivity index (χ1n) is 5.36. The number of fused-ring (bicyclic) bond motifs is 1. The van der Waals surface area contributed by atoms with Crippen molar-refractivity contribution < 1.29 is 0 Å².